The van der Waals surface area contributed by atoms with Crippen molar-refractivity contribution in [1.82, 2.24) is 9.80 Å². The van der Waals surface area contributed by atoms with Crippen molar-refractivity contribution in [1.29, 1.82) is 0 Å². The third kappa shape index (κ3) is 7.26. The van der Waals surface area contributed by atoms with Crippen LogP contribution in [0.2, 0.25) is 0 Å². The molecule has 0 aromatic heterocycles. The number of rotatable bonds is 7. The second kappa shape index (κ2) is 11.9. The molecule has 1 unspecified atom stereocenters. The molecule has 2 aliphatic heterocycles. The van der Waals surface area contributed by atoms with Gasteiger partial charge in [0, 0.05) is 31.3 Å². The molecule has 0 N–H and O–H groups in total. The van der Waals surface area contributed by atoms with Gasteiger partial charge in [-0.05, 0) is 75.8 Å². The van der Waals surface area contributed by atoms with Crippen LogP contribution in [0.3, 0.4) is 0 Å². The SMILES string of the molecule is CC(C)C(COC1CCN(C(=O)OC(C)(C)C)CC1)N1CCc2ccc(Oc3ccc(F)cc3F)cc2C1=O. The van der Waals surface area contributed by atoms with E-state index in [0.717, 1.165) is 17.7 Å². The zero-order chi connectivity index (χ0) is 28.3. The first-order chi connectivity index (χ1) is 18.4. The number of piperidine rings is 1. The Morgan fingerprint density at radius 1 is 1.05 bits per heavy atom. The van der Waals surface area contributed by atoms with Crippen molar-refractivity contribution in [3.63, 3.8) is 0 Å². The predicted molar refractivity (Wildman–Crippen MR) is 143 cm³/mol. The number of carbonyl (C=O) groups excluding carboxylic acids is 2. The summed E-state index contributed by atoms with van der Waals surface area (Å²) in [7, 11) is 0. The summed E-state index contributed by atoms with van der Waals surface area (Å²) in [5.41, 5.74) is 0.886. The Morgan fingerprint density at radius 2 is 1.77 bits per heavy atom. The van der Waals surface area contributed by atoms with Gasteiger partial charge in [0.05, 0.1) is 18.8 Å². The summed E-state index contributed by atoms with van der Waals surface area (Å²) < 4.78 is 44.7. The number of amides is 2. The second-order valence-corrected chi connectivity index (χ2v) is 11.6. The molecule has 2 aromatic carbocycles. The summed E-state index contributed by atoms with van der Waals surface area (Å²) in [6.45, 7) is 11.8. The van der Waals surface area contributed by atoms with Crippen LogP contribution in [-0.4, -0.2) is 65.8 Å². The maximum atomic E-state index is 14.1. The Kier molecular flexibility index (Phi) is 8.79. The van der Waals surface area contributed by atoms with E-state index < -0.39 is 17.2 Å². The Bertz CT molecular complexity index is 1190. The topological polar surface area (TPSA) is 68.3 Å². The first-order valence-corrected chi connectivity index (χ1v) is 13.6. The van der Waals surface area contributed by atoms with Gasteiger partial charge in [0.25, 0.3) is 5.91 Å². The monoisotopic (exact) mass is 544 g/mol. The Labute approximate surface area is 229 Å². The normalized spacial score (nSPS) is 17.3. The Morgan fingerprint density at radius 3 is 2.41 bits per heavy atom. The zero-order valence-electron chi connectivity index (χ0n) is 23.3. The molecule has 0 spiro atoms. The van der Waals surface area contributed by atoms with Crippen LogP contribution >= 0.6 is 0 Å². The van der Waals surface area contributed by atoms with E-state index in [9.17, 15) is 18.4 Å². The molecule has 4 rings (SSSR count). The molecule has 0 aliphatic carbocycles. The molecule has 2 aliphatic rings. The van der Waals surface area contributed by atoms with E-state index in [1.165, 1.54) is 6.07 Å². The zero-order valence-corrected chi connectivity index (χ0v) is 23.3. The number of halogens is 2. The molecule has 0 saturated carbocycles. The van der Waals surface area contributed by atoms with Gasteiger partial charge in [-0.2, -0.15) is 0 Å². The van der Waals surface area contributed by atoms with Gasteiger partial charge in [-0.25, -0.2) is 13.6 Å². The molecule has 2 heterocycles. The molecule has 1 atom stereocenters. The molecule has 7 nitrogen and oxygen atoms in total. The van der Waals surface area contributed by atoms with Gasteiger partial charge in [0.15, 0.2) is 11.6 Å². The molecular weight excluding hydrogens is 506 g/mol. The molecule has 0 radical (unpaired) electrons. The summed E-state index contributed by atoms with van der Waals surface area (Å²) in [6.07, 6.45) is 1.80. The number of nitrogens with zero attached hydrogens (tertiary/aromatic N) is 2. The van der Waals surface area contributed by atoms with Crippen LogP contribution < -0.4 is 4.74 Å². The molecular formula is C30H38F2N2O5. The van der Waals surface area contributed by atoms with Crippen molar-refractivity contribution in [2.75, 3.05) is 26.2 Å². The van der Waals surface area contributed by atoms with Crippen molar-refractivity contribution < 1.29 is 32.6 Å². The lowest BCUT2D eigenvalue weighted by atomic mass is 9.94. The highest BCUT2D eigenvalue weighted by Gasteiger charge is 2.34. The summed E-state index contributed by atoms with van der Waals surface area (Å²) in [6, 6.07) is 8.11. The fourth-order valence-electron chi connectivity index (χ4n) is 4.94. The van der Waals surface area contributed by atoms with Gasteiger partial charge < -0.3 is 24.0 Å². The molecule has 2 amide bonds. The van der Waals surface area contributed by atoms with Gasteiger partial charge in [-0.15, -0.1) is 0 Å². The van der Waals surface area contributed by atoms with E-state index in [-0.39, 0.29) is 35.8 Å². The molecule has 0 bridgehead atoms. The maximum absolute atomic E-state index is 14.1. The van der Waals surface area contributed by atoms with Crippen molar-refractivity contribution in [2.24, 2.45) is 5.92 Å². The van der Waals surface area contributed by atoms with Gasteiger partial charge in [-0.3, -0.25) is 4.79 Å². The van der Waals surface area contributed by atoms with Crippen LogP contribution in [0.1, 0.15) is 63.4 Å². The van der Waals surface area contributed by atoms with Crippen molar-refractivity contribution >= 4 is 12.0 Å². The van der Waals surface area contributed by atoms with E-state index in [0.29, 0.717) is 56.8 Å². The lowest BCUT2D eigenvalue weighted by Crippen LogP contribution is -2.50. The summed E-state index contributed by atoms with van der Waals surface area (Å²) in [4.78, 5) is 29.5. The van der Waals surface area contributed by atoms with Crippen LogP contribution in [0.4, 0.5) is 13.6 Å². The molecule has 212 valence electrons. The summed E-state index contributed by atoms with van der Waals surface area (Å²) >= 11 is 0. The van der Waals surface area contributed by atoms with Crippen molar-refractivity contribution in [2.45, 2.75) is 71.6 Å². The highest BCUT2D eigenvalue weighted by Crippen LogP contribution is 2.31. The number of carbonyl (C=O) groups is 2. The predicted octanol–water partition coefficient (Wildman–Crippen LogP) is 6.20. The molecule has 9 heteroatoms. The minimum absolute atomic E-state index is 0.00252. The highest BCUT2D eigenvalue weighted by molar-refractivity contribution is 5.97. The average molecular weight is 545 g/mol. The highest BCUT2D eigenvalue weighted by atomic mass is 19.1. The lowest BCUT2D eigenvalue weighted by Gasteiger charge is -2.39. The Hall–Kier alpha value is -3.20. The largest absolute Gasteiger partial charge is 0.454 e. The summed E-state index contributed by atoms with van der Waals surface area (Å²) in [5, 5.41) is 0. The van der Waals surface area contributed by atoms with E-state index in [4.69, 9.17) is 14.2 Å². The Balaban J connectivity index is 1.38. The number of benzene rings is 2. The molecule has 39 heavy (non-hydrogen) atoms. The fourth-order valence-corrected chi connectivity index (χ4v) is 4.94. The quantitative estimate of drug-likeness (QED) is 0.416. The number of hydrogen-bond donors (Lipinski definition) is 0. The molecule has 1 saturated heterocycles. The van der Waals surface area contributed by atoms with Crippen molar-refractivity contribution in [3.05, 3.63) is 59.2 Å². The van der Waals surface area contributed by atoms with Gasteiger partial charge in [-0.1, -0.05) is 19.9 Å². The number of likely N-dealkylation sites (tertiary alicyclic amines) is 1. The average Bonchev–Trinajstić information content (AvgIpc) is 2.86. The second-order valence-electron chi connectivity index (χ2n) is 11.6. The maximum Gasteiger partial charge on any atom is 0.410 e. The number of hydrogen-bond acceptors (Lipinski definition) is 5. The smallest absolute Gasteiger partial charge is 0.410 e. The third-order valence-electron chi connectivity index (χ3n) is 7.08. The van der Waals surface area contributed by atoms with Crippen molar-refractivity contribution in [3.8, 4) is 11.5 Å². The van der Waals surface area contributed by atoms with Gasteiger partial charge in [0.2, 0.25) is 0 Å². The minimum atomic E-state index is -0.811. The van der Waals surface area contributed by atoms with Gasteiger partial charge in [0.1, 0.15) is 17.2 Å². The minimum Gasteiger partial charge on any atom is -0.454 e. The number of fused-ring (bicyclic) bond motifs is 1. The standard InChI is InChI=1S/C30H38F2N2O5/c1-19(2)26(18-37-22-11-13-33(14-12-22)29(36)39-30(3,4)5)34-15-10-20-6-8-23(17-24(20)28(34)35)38-27-9-7-21(31)16-25(27)32/h6-9,16-17,19,22,26H,10-15,18H2,1-5H3. The lowest BCUT2D eigenvalue weighted by molar-refractivity contribution is -0.0337. The summed E-state index contributed by atoms with van der Waals surface area (Å²) in [5.74, 6) is -1.26. The third-order valence-corrected chi connectivity index (χ3v) is 7.08. The van der Waals surface area contributed by atoms with E-state index in [1.807, 2.05) is 31.7 Å². The van der Waals surface area contributed by atoms with Crippen LogP contribution in [0.25, 0.3) is 0 Å². The van der Waals surface area contributed by atoms with Crippen LogP contribution in [0.15, 0.2) is 36.4 Å². The molecule has 1 fully saturated rings. The first-order valence-electron chi connectivity index (χ1n) is 13.6. The fraction of sp³-hybridized carbons (Fsp3) is 0.533. The van der Waals surface area contributed by atoms with E-state index in [1.54, 1.807) is 17.0 Å². The van der Waals surface area contributed by atoms with Crippen LogP contribution in [0, 0.1) is 17.6 Å². The van der Waals surface area contributed by atoms with Crippen LogP contribution in [0.5, 0.6) is 11.5 Å². The van der Waals surface area contributed by atoms with Gasteiger partial charge >= 0.3 is 6.09 Å². The molecule has 2 aromatic rings. The van der Waals surface area contributed by atoms with E-state index >= 15 is 0 Å². The van der Waals surface area contributed by atoms with Crippen LogP contribution in [-0.2, 0) is 15.9 Å². The first kappa shape index (κ1) is 28.8. The number of ether oxygens (including phenoxy) is 3. The van der Waals surface area contributed by atoms with E-state index in [2.05, 4.69) is 13.8 Å².